The van der Waals surface area contributed by atoms with Gasteiger partial charge in [-0.05, 0) is 49.8 Å². The minimum absolute atomic E-state index is 0.515. The molecule has 5 nitrogen and oxygen atoms in total. The maximum absolute atomic E-state index is 11.0. The SMILES string of the molecule is CCCCOc1cc(C=O)ccc1OCCCOCC1CCC2OC2C1. The number of benzene rings is 1. The molecule has 3 atom stereocenters. The van der Waals surface area contributed by atoms with Crippen molar-refractivity contribution in [2.24, 2.45) is 5.92 Å². The summed E-state index contributed by atoms with van der Waals surface area (Å²) < 4.78 is 23.0. The predicted molar refractivity (Wildman–Crippen MR) is 99.2 cm³/mol. The van der Waals surface area contributed by atoms with Gasteiger partial charge in [-0.2, -0.15) is 0 Å². The van der Waals surface area contributed by atoms with Crippen LogP contribution < -0.4 is 9.47 Å². The first-order valence-corrected chi connectivity index (χ1v) is 9.88. The van der Waals surface area contributed by atoms with Crippen LogP contribution in [0.25, 0.3) is 0 Å². The van der Waals surface area contributed by atoms with E-state index in [4.69, 9.17) is 18.9 Å². The molecule has 1 saturated heterocycles. The molecule has 2 fully saturated rings. The number of fused-ring (bicyclic) bond motifs is 1. The molecule has 144 valence electrons. The lowest BCUT2D eigenvalue weighted by Crippen LogP contribution is -2.19. The van der Waals surface area contributed by atoms with Crippen LogP contribution in [0.15, 0.2) is 18.2 Å². The van der Waals surface area contributed by atoms with Crippen molar-refractivity contribution in [3.8, 4) is 11.5 Å². The Kier molecular flexibility index (Phi) is 7.32. The van der Waals surface area contributed by atoms with Gasteiger partial charge in [-0.3, -0.25) is 4.79 Å². The maximum Gasteiger partial charge on any atom is 0.161 e. The lowest BCUT2D eigenvalue weighted by molar-refractivity contribution is 0.0787. The lowest BCUT2D eigenvalue weighted by atomic mass is 9.90. The van der Waals surface area contributed by atoms with E-state index in [0.29, 0.717) is 55.0 Å². The fraction of sp³-hybridized carbons (Fsp3) is 0.667. The van der Waals surface area contributed by atoms with Crippen molar-refractivity contribution >= 4 is 6.29 Å². The van der Waals surface area contributed by atoms with Crippen LogP contribution in [0.1, 0.15) is 55.8 Å². The predicted octanol–water partition coefficient (Wildman–Crippen LogP) is 4.03. The molecule has 0 N–H and O–H groups in total. The Morgan fingerprint density at radius 1 is 1.08 bits per heavy atom. The first kappa shape index (κ1) is 19.2. The zero-order chi connectivity index (χ0) is 18.2. The van der Waals surface area contributed by atoms with Crippen molar-refractivity contribution < 1.29 is 23.7 Å². The summed E-state index contributed by atoms with van der Waals surface area (Å²) in [5.41, 5.74) is 0.599. The van der Waals surface area contributed by atoms with Crippen molar-refractivity contribution in [2.45, 2.75) is 57.7 Å². The zero-order valence-corrected chi connectivity index (χ0v) is 15.7. The van der Waals surface area contributed by atoms with Crippen molar-refractivity contribution in [1.82, 2.24) is 0 Å². The van der Waals surface area contributed by atoms with Gasteiger partial charge >= 0.3 is 0 Å². The molecule has 26 heavy (non-hydrogen) atoms. The molecule has 0 aromatic heterocycles. The summed E-state index contributed by atoms with van der Waals surface area (Å²) in [6.45, 7) is 4.84. The molecule has 1 aliphatic carbocycles. The molecule has 5 heteroatoms. The first-order valence-electron chi connectivity index (χ1n) is 9.88. The van der Waals surface area contributed by atoms with Crippen molar-refractivity contribution in [2.75, 3.05) is 26.4 Å². The molecule has 1 saturated carbocycles. The quantitative estimate of drug-likeness (QED) is 0.319. The van der Waals surface area contributed by atoms with Gasteiger partial charge in [-0.1, -0.05) is 13.3 Å². The Labute approximate surface area is 156 Å². The van der Waals surface area contributed by atoms with Crippen LogP contribution in [0.2, 0.25) is 0 Å². The van der Waals surface area contributed by atoms with Gasteiger partial charge in [0.2, 0.25) is 0 Å². The molecular formula is C21H30O5. The van der Waals surface area contributed by atoms with Crippen LogP contribution in [-0.2, 0) is 9.47 Å². The molecule has 1 aromatic carbocycles. The van der Waals surface area contributed by atoms with Gasteiger partial charge < -0.3 is 18.9 Å². The summed E-state index contributed by atoms with van der Waals surface area (Å²) in [5, 5.41) is 0. The van der Waals surface area contributed by atoms with E-state index >= 15 is 0 Å². The Morgan fingerprint density at radius 2 is 1.92 bits per heavy atom. The summed E-state index contributed by atoms with van der Waals surface area (Å²) in [4.78, 5) is 11.0. The highest BCUT2D eigenvalue weighted by Crippen LogP contribution is 2.39. The highest BCUT2D eigenvalue weighted by molar-refractivity contribution is 5.76. The number of carbonyl (C=O) groups is 1. The molecule has 3 unspecified atom stereocenters. The Hall–Kier alpha value is -1.59. The number of carbonyl (C=O) groups excluding carboxylic acids is 1. The Bertz CT molecular complexity index is 574. The van der Waals surface area contributed by atoms with E-state index in [1.165, 1.54) is 12.8 Å². The zero-order valence-electron chi connectivity index (χ0n) is 15.7. The van der Waals surface area contributed by atoms with Crippen LogP contribution in [0.4, 0.5) is 0 Å². The number of hydrogen-bond donors (Lipinski definition) is 0. The number of hydrogen-bond acceptors (Lipinski definition) is 5. The second-order valence-electron chi connectivity index (χ2n) is 7.20. The molecule has 1 aliphatic heterocycles. The highest BCUT2D eigenvalue weighted by Gasteiger charge is 2.43. The van der Waals surface area contributed by atoms with E-state index in [-0.39, 0.29) is 0 Å². The van der Waals surface area contributed by atoms with Gasteiger partial charge in [0.05, 0.1) is 25.4 Å². The third-order valence-corrected chi connectivity index (χ3v) is 5.02. The summed E-state index contributed by atoms with van der Waals surface area (Å²) in [6.07, 6.45) is 8.34. The number of ether oxygens (including phenoxy) is 4. The minimum Gasteiger partial charge on any atom is -0.490 e. The van der Waals surface area contributed by atoms with Gasteiger partial charge in [0.1, 0.15) is 6.29 Å². The smallest absolute Gasteiger partial charge is 0.161 e. The van der Waals surface area contributed by atoms with Gasteiger partial charge in [-0.15, -0.1) is 0 Å². The molecule has 0 spiro atoms. The molecule has 2 aliphatic rings. The number of aldehydes is 1. The van der Waals surface area contributed by atoms with E-state index in [2.05, 4.69) is 6.92 Å². The highest BCUT2D eigenvalue weighted by atomic mass is 16.6. The fourth-order valence-corrected chi connectivity index (χ4v) is 3.39. The van der Waals surface area contributed by atoms with Crippen LogP contribution in [0.3, 0.4) is 0 Å². The van der Waals surface area contributed by atoms with Crippen molar-refractivity contribution in [3.05, 3.63) is 23.8 Å². The van der Waals surface area contributed by atoms with E-state index in [1.54, 1.807) is 18.2 Å². The van der Waals surface area contributed by atoms with E-state index in [1.807, 2.05) is 0 Å². The Balaban J connectivity index is 1.34. The standard InChI is InChI=1S/C21H30O5/c1-2-3-10-25-20-12-16(14-22)5-7-18(20)24-11-4-9-23-15-17-6-8-19-21(13-17)26-19/h5,7,12,14,17,19,21H,2-4,6,8-11,13,15H2,1H3. The minimum atomic E-state index is 0.515. The van der Waals surface area contributed by atoms with Crippen molar-refractivity contribution in [3.63, 3.8) is 0 Å². The second kappa shape index (κ2) is 9.93. The normalized spacial score (nSPS) is 24.0. The summed E-state index contributed by atoms with van der Waals surface area (Å²) in [5.74, 6) is 1.98. The topological polar surface area (TPSA) is 57.3 Å². The average molecular weight is 362 g/mol. The van der Waals surface area contributed by atoms with Crippen molar-refractivity contribution in [1.29, 1.82) is 0 Å². The Morgan fingerprint density at radius 3 is 2.73 bits per heavy atom. The van der Waals surface area contributed by atoms with Gasteiger partial charge in [0.25, 0.3) is 0 Å². The summed E-state index contributed by atoms with van der Waals surface area (Å²) in [6, 6.07) is 5.30. The van der Waals surface area contributed by atoms with Gasteiger partial charge in [0, 0.05) is 25.2 Å². The maximum atomic E-state index is 11.0. The summed E-state index contributed by atoms with van der Waals surface area (Å²) in [7, 11) is 0. The van der Waals surface area contributed by atoms with Crippen LogP contribution >= 0.6 is 0 Å². The van der Waals surface area contributed by atoms with Crippen LogP contribution in [0, 0.1) is 5.92 Å². The lowest BCUT2D eigenvalue weighted by Gasteiger charge is -2.18. The number of rotatable bonds is 12. The van der Waals surface area contributed by atoms with Crippen LogP contribution in [0.5, 0.6) is 11.5 Å². The van der Waals surface area contributed by atoms with Crippen LogP contribution in [-0.4, -0.2) is 44.9 Å². The molecular weight excluding hydrogens is 332 g/mol. The average Bonchev–Trinajstić information content (AvgIpc) is 3.44. The van der Waals surface area contributed by atoms with E-state index in [0.717, 1.165) is 38.6 Å². The molecule has 1 heterocycles. The van der Waals surface area contributed by atoms with Gasteiger partial charge in [-0.25, -0.2) is 0 Å². The molecule has 1 aromatic rings. The summed E-state index contributed by atoms with van der Waals surface area (Å²) >= 11 is 0. The number of epoxide rings is 1. The van der Waals surface area contributed by atoms with Gasteiger partial charge in [0.15, 0.2) is 11.5 Å². The first-order chi connectivity index (χ1) is 12.8. The molecule has 0 radical (unpaired) electrons. The monoisotopic (exact) mass is 362 g/mol. The third-order valence-electron chi connectivity index (χ3n) is 5.02. The number of unbranched alkanes of at least 4 members (excludes halogenated alkanes) is 1. The largest absolute Gasteiger partial charge is 0.490 e. The molecule has 0 amide bonds. The molecule has 0 bridgehead atoms. The second-order valence-corrected chi connectivity index (χ2v) is 7.20. The fourth-order valence-electron chi connectivity index (χ4n) is 3.39. The molecule has 3 rings (SSSR count). The third kappa shape index (κ3) is 5.71. The van der Waals surface area contributed by atoms with E-state index < -0.39 is 0 Å². The van der Waals surface area contributed by atoms with E-state index in [9.17, 15) is 4.79 Å².